The number of rotatable bonds is 16. The van der Waals surface area contributed by atoms with Crippen molar-refractivity contribution < 1.29 is 29.0 Å². The number of aliphatic hydroxyl groups excluding tert-OH is 1. The van der Waals surface area contributed by atoms with Gasteiger partial charge in [0.1, 0.15) is 11.6 Å². The molecule has 1 saturated carbocycles. The topological polar surface area (TPSA) is 96.4 Å². The number of carbonyl (C=O) groups excluding carboxylic acids is 3. The van der Waals surface area contributed by atoms with Crippen LogP contribution in [0.1, 0.15) is 83.5 Å². The van der Waals surface area contributed by atoms with Crippen LogP contribution >= 0.6 is 15.9 Å². The lowest BCUT2D eigenvalue weighted by Gasteiger charge is -2.41. The van der Waals surface area contributed by atoms with E-state index >= 15 is 0 Å². The fourth-order valence-electron chi connectivity index (χ4n) is 7.43. The van der Waals surface area contributed by atoms with Gasteiger partial charge in [-0.25, -0.2) is 0 Å². The molecule has 3 heterocycles. The summed E-state index contributed by atoms with van der Waals surface area (Å²) in [4.78, 5) is 45.7. The maximum atomic E-state index is 14.5. The molecule has 0 aromatic carbocycles. The van der Waals surface area contributed by atoms with Gasteiger partial charge in [-0.1, -0.05) is 60.2 Å². The molecular formula is C31H47BrN2O6. The van der Waals surface area contributed by atoms with Gasteiger partial charge in [-0.15, -0.1) is 13.2 Å². The van der Waals surface area contributed by atoms with Crippen LogP contribution in [-0.4, -0.2) is 87.6 Å². The van der Waals surface area contributed by atoms with Gasteiger partial charge in [-0.3, -0.25) is 14.4 Å². The van der Waals surface area contributed by atoms with Crippen LogP contribution in [0.3, 0.4) is 0 Å². The Morgan fingerprint density at radius 3 is 2.55 bits per heavy atom. The van der Waals surface area contributed by atoms with Gasteiger partial charge >= 0.3 is 5.97 Å². The van der Waals surface area contributed by atoms with Gasteiger partial charge < -0.3 is 24.4 Å². The monoisotopic (exact) mass is 622 g/mol. The summed E-state index contributed by atoms with van der Waals surface area (Å²) < 4.78 is 12.3. The highest BCUT2D eigenvalue weighted by Crippen LogP contribution is 2.60. The quantitative estimate of drug-likeness (QED) is 0.118. The van der Waals surface area contributed by atoms with Crippen LogP contribution in [0, 0.1) is 11.8 Å². The molecule has 0 radical (unpaired) electrons. The predicted molar refractivity (Wildman–Crippen MR) is 157 cm³/mol. The minimum atomic E-state index is -1.06. The first-order valence-corrected chi connectivity index (χ1v) is 16.2. The molecule has 1 spiro atoms. The molecular weight excluding hydrogens is 576 g/mol. The summed E-state index contributed by atoms with van der Waals surface area (Å²) in [6, 6.07) is -0.661. The molecule has 3 saturated heterocycles. The summed E-state index contributed by atoms with van der Waals surface area (Å²) in [5.74, 6) is -2.12. The molecule has 6 atom stereocenters. The number of likely N-dealkylation sites (tertiary alicyclic amines) is 1. The molecule has 4 fully saturated rings. The average Bonchev–Trinajstić information content (AvgIpc) is 3.55. The Hall–Kier alpha value is -1.71. The first-order valence-electron chi connectivity index (χ1n) is 15.3. The van der Waals surface area contributed by atoms with Crippen molar-refractivity contribution in [3.05, 3.63) is 25.3 Å². The predicted octanol–water partition coefficient (Wildman–Crippen LogP) is 4.53. The third kappa shape index (κ3) is 6.21. The van der Waals surface area contributed by atoms with Crippen LogP contribution in [0.25, 0.3) is 0 Å². The normalized spacial score (nSPS) is 31.3. The molecule has 3 unspecified atom stereocenters. The SMILES string of the molecule is C=CCCCCOC(=O)[C@H]1[C@@H]2OC3(CC2Br)C(C(=O)N(CC=C)C2CCCCC2)N(CCCCCCO)C(=O)[C@H]13. The molecule has 2 amide bonds. The molecule has 2 bridgehead atoms. The number of halogens is 1. The molecule has 0 aromatic rings. The first kappa shape index (κ1) is 31.2. The number of alkyl halides is 1. The van der Waals surface area contributed by atoms with Crippen molar-refractivity contribution in [3.63, 3.8) is 0 Å². The minimum Gasteiger partial charge on any atom is -0.465 e. The molecule has 1 aliphatic carbocycles. The summed E-state index contributed by atoms with van der Waals surface area (Å²) in [7, 11) is 0. The Kier molecular flexibility index (Phi) is 11.3. The zero-order valence-electron chi connectivity index (χ0n) is 23.8. The Bertz CT molecular complexity index is 924. The fraction of sp³-hybridized carbons (Fsp3) is 0.774. The maximum absolute atomic E-state index is 14.5. The van der Waals surface area contributed by atoms with E-state index in [9.17, 15) is 14.4 Å². The summed E-state index contributed by atoms with van der Waals surface area (Å²) >= 11 is 3.74. The number of ether oxygens (including phenoxy) is 2. The third-order valence-electron chi connectivity index (χ3n) is 9.27. The third-order valence-corrected chi connectivity index (χ3v) is 10.1. The van der Waals surface area contributed by atoms with Crippen LogP contribution < -0.4 is 0 Å². The van der Waals surface area contributed by atoms with E-state index in [1.54, 1.807) is 11.0 Å². The van der Waals surface area contributed by atoms with Crippen molar-refractivity contribution in [3.8, 4) is 0 Å². The summed E-state index contributed by atoms with van der Waals surface area (Å²) in [6.07, 6.45) is 14.5. The summed E-state index contributed by atoms with van der Waals surface area (Å²) in [6.45, 7) is 8.95. The van der Waals surface area contributed by atoms with Crippen molar-refractivity contribution in [1.82, 2.24) is 9.80 Å². The van der Waals surface area contributed by atoms with Gasteiger partial charge in [0.2, 0.25) is 11.8 Å². The Morgan fingerprint density at radius 1 is 1.10 bits per heavy atom. The Balaban J connectivity index is 1.61. The molecule has 9 heteroatoms. The van der Waals surface area contributed by atoms with E-state index in [-0.39, 0.29) is 29.3 Å². The maximum Gasteiger partial charge on any atom is 0.312 e. The van der Waals surface area contributed by atoms with E-state index in [0.717, 1.165) is 64.2 Å². The Labute approximate surface area is 247 Å². The van der Waals surface area contributed by atoms with E-state index in [1.807, 2.05) is 11.0 Å². The van der Waals surface area contributed by atoms with E-state index < -0.39 is 35.6 Å². The molecule has 3 aliphatic heterocycles. The highest BCUT2D eigenvalue weighted by Gasteiger charge is 2.77. The van der Waals surface area contributed by atoms with Gasteiger partial charge in [0, 0.05) is 30.6 Å². The number of unbranched alkanes of at least 4 members (excludes halogenated alkanes) is 5. The molecule has 0 aromatic heterocycles. The van der Waals surface area contributed by atoms with Gasteiger partial charge in [-0.2, -0.15) is 0 Å². The van der Waals surface area contributed by atoms with E-state index in [2.05, 4.69) is 29.1 Å². The molecule has 4 rings (SSSR count). The van der Waals surface area contributed by atoms with Crippen molar-refractivity contribution in [1.29, 1.82) is 0 Å². The average molecular weight is 624 g/mol. The number of amides is 2. The highest BCUT2D eigenvalue weighted by molar-refractivity contribution is 9.09. The lowest BCUT2D eigenvalue weighted by atomic mass is 9.70. The van der Waals surface area contributed by atoms with Crippen LogP contribution in [0.15, 0.2) is 25.3 Å². The van der Waals surface area contributed by atoms with Gasteiger partial charge in [0.25, 0.3) is 0 Å². The van der Waals surface area contributed by atoms with Gasteiger partial charge in [0.05, 0.1) is 24.5 Å². The largest absolute Gasteiger partial charge is 0.465 e. The second kappa shape index (κ2) is 14.5. The second-order valence-electron chi connectivity index (χ2n) is 11.9. The van der Waals surface area contributed by atoms with Crippen molar-refractivity contribution in [2.45, 2.75) is 112 Å². The number of carbonyl (C=O) groups is 3. The van der Waals surface area contributed by atoms with Crippen molar-refractivity contribution >= 4 is 33.7 Å². The van der Waals surface area contributed by atoms with Crippen LogP contribution in [0.4, 0.5) is 0 Å². The van der Waals surface area contributed by atoms with Crippen molar-refractivity contribution in [2.75, 3.05) is 26.3 Å². The number of nitrogens with zero attached hydrogens (tertiary/aromatic N) is 2. The lowest BCUT2D eigenvalue weighted by Crippen LogP contribution is -2.58. The van der Waals surface area contributed by atoms with E-state index in [0.29, 0.717) is 32.5 Å². The van der Waals surface area contributed by atoms with E-state index in [1.165, 1.54) is 6.42 Å². The van der Waals surface area contributed by atoms with Crippen LogP contribution in [0.2, 0.25) is 0 Å². The second-order valence-corrected chi connectivity index (χ2v) is 13.0. The number of aliphatic hydroxyl groups is 1. The zero-order chi connectivity index (χ0) is 28.7. The first-order chi connectivity index (χ1) is 19.4. The highest BCUT2D eigenvalue weighted by atomic mass is 79.9. The lowest BCUT2D eigenvalue weighted by molar-refractivity contribution is -0.155. The fourth-order valence-corrected chi connectivity index (χ4v) is 8.38. The number of esters is 1. The molecule has 4 aliphatic rings. The number of fused-ring (bicyclic) bond motifs is 1. The molecule has 8 nitrogen and oxygen atoms in total. The van der Waals surface area contributed by atoms with Crippen LogP contribution in [0.5, 0.6) is 0 Å². The summed E-state index contributed by atoms with van der Waals surface area (Å²) in [5, 5.41) is 9.17. The van der Waals surface area contributed by atoms with E-state index in [4.69, 9.17) is 14.6 Å². The zero-order valence-corrected chi connectivity index (χ0v) is 25.4. The van der Waals surface area contributed by atoms with Crippen LogP contribution in [-0.2, 0) is 23.9 Å². The van der Waals surface area contributed by atoms with Gasteiger partial charge in [0.15, 0.2) is 0 Å². The van der Waals surface area contributed by atoms with Gasteiger partial charge in [-0.05, 0) is 51.4 Å². The number of allylic oxidation sites excluding steroid dienone is 1. The minimum absolute atomic E-state index is 0.0863. The summed E-state index contributed by atoms with van der Waals surface area (Å²) in [5.41, 5.74) is -1.06. The standard InChI is InChI=1S/C31H47BrN2O6/c1-3-5-6-14-20-39-30(38)24-25-28(36)34(18-12-7-8-13-19-35)27(31(25)21-23(32)26(24)40-31)29(37)33(17-4-2)22-15-10-9-11-16-22/h3-4,22-27,35H,1-2,5-21H2/t23?,24-,25+,26-,27?,31?/m1/s1. The molecule has 1 N–H and O–H groups in total. The Morgan fingerprint density at radius 2 is 1.85 bits per heavy atom. The molecule has 40 heavy (non-hydrogen) atoms. The molecule has 224 valence electrons. The van der Waals surface area contributed by atoms with Crippen molar-refractivity contribution in [2.24, 2.45) is 11.8 Å². The number of hydrogen-bond acceptors (Lipinski definition) is 6. The number of hydrogen-bond donors (Lipinski definition) is 1. The smallest absolute Gasteiger partial charge is 0.312 e.